The van der Waals surface area contributed by atoms with Crippen LogP contribution < -0.4 is 10.9 Å². The van der Waals surface area contributed by atoms with Crippen molar-refractivity contribution in [1.29, 1.82) is 0 Å². The predicted octanol–water partition coefficient (Wildman–Crippen LogP) is 0.713. The maximum absolute atomic E-state index is 11.4. The highest BCUT2D eigenvalue weighted by atomic mass is 16.1. The molecular weight excluding hydrogens is 254 g/mol. The van der Waals surface area contributed by atoms with Crippen LogP contribution in [0.5, 0.6) is 0 Å². The third-order valence-electron chi connectivity index (χ3n) is 3.72. The highest BCUT2D eigenvalue weighted by Crippen LogP contribution is 2.27. The molecule has 3 rings (SSSR count). The minimum atomic E-state index is -0.0120. The van der Waals surface area contributed by atoms with Crippen molar-refractivity contribution in [2.75, 3.05) is 6.54 Å². The average Bonchev–Trinajstić information content (AvgIpc) is 2.84. The highest BCUT2D eigenvalue weighted by Gasteiger charge is 2.20. The van der Waals surface area contributed by atoms with Gasteiger partial charge in [-0.25, -0.2) is 4.98 Å². The van der Waals surface area contributed by atoms with Gasteiger partial charge in [0.05, 0.1) is 0 Å². The van der Waals surface area contributed by atoms with Gasteiger partial charge in [-0.05, 0) is 24.8 Å². The Morgan fingerprint density at radius 3 is 3.20 bits per heavy atom. The van der Waals surface area contributed by atoms with Crippen LogP contribution in [-0.2, 0) is 19.9 Å². The van der Waals surface area contributed by atoms with E-state index in [2.05, 4.69) is 20.4 Å². The van der Waals surface area contributed by atoms with Gasteiger partial charge in [0.1, 0.15) is 6.33 Å². The highest BCUT2D eigenvalue weighted by molar-refractivity contribution is 5.26. The molecule has 0 bridgehead atoms. The number of rotatable bonds is 4. The van der Waals surface area contributed by atoms with Gasteiger partial charge in [-0.3, -0.25) is 9.48 Å². The van der Waals surface area contributed by atoms with Crippen LogP contribution in [0.1, 0.15) is 36.0 Å². The van der Waals surface area contributed by atoms with Crippen molar-refractivity contribution in [2.45, 2.75) is 31.7 Å². The minimum absolute atomic E-state index is 0.0120. The van der Waals surface area contributed by atoms with Gasteiger partial charge in [-0.15, -0.1) is 0 Å². The Morgan fingerprint density at radius 2 is 2.40 bits per heavy atom. The molecule has 2 aromatic heterocycles. The van der Waals surface area contributed by atoms with Crippen LogP contribution in [0.25, 0.3) is 0 Å². The molecule has 2 heterocycles. The predicted molar refractivity (Wildman–Crippen MR) is 75.5 cm³/mol. The van der Waals surface area contributed by atoms with Crippen molar-refractivity contribution in [3.05, 3.63) is 45.9 Å². The summed E-state index contributed by atoms with van der Waals surface area (Å²) in [5.74, 6) is 0.859. The number of nitrogens with one attached hydrogen (secondary N) is 2. The van der Waals surface area contributed by atoms with Crippen molar-refractivity contribution < 1.29 is 0 Å². The monoisotopic (exact) mass is 273 g/mol. The number of fused-ring (bicyclic) bond motifs is 1. The second kappa shape index (κ2) is 5.58. The van der Waals surface area contributed by atoms with E-state index in [0.29, 0.717) is 6.04 Å². The zero-order chi connectivity index (χ0) is 13.9. The molecule has 0 spiro atoms. The van der Waals surface area contributed by atoms with E-state index in [1.807, 2.05) is 13.1 Å². The first-order chi connectivity index (χ1) is 9.72. The summed E-state index contributed by atoms with van der Waals surface area (Å²) < 4.78 is 1.72. The van der Waals surface area contributed by atoms with Crippen molar-refractivity contribution >= 4 is 0 Å². The van der Waals surface area contributed by atoms with Gasteiger partial charge in [0, 0.05) is 37.8 Å². The molecular formula is C14H19N5O. The fraction of sp³-hybridized carbons (Fsp3) is 0.500. The van der Waals surface area contributed by atoms with Crippen LogP contribution in [0.3, 0.4) is 0 Å². The zero-order valence-electron chi connectivity index (χ0n) is 11.6. The van der Waals surface area contributed by atoms with Gasteiger partial charge in [0.25, 0.3) is 0 Å². The van der Waals surface area contributed by atoms with Gasteiger partial charge >= 0.3 is 0 Å². The molecule has 0 aliphatic heterocycles. The summed E-state index contributed by atoms with van der Waals surface area (Å²) in [6.45, 7) is 0.841. The van der Waals surface area contributed by atoms with Gasteiger partial charge < -0.3 is 10.3 Å². The molecule has 20 heavy (non-hydrogen) atoms. The quantitative estimate of drug-likeness (QED) is 0.860. The molecule has 0 saturated carbocycles. The van der Waals surface area contributed by atoms with Crippen molar-refractivity contribution in [1.82, 2.24) is 25.1 Å². The van der Waals surface area contributed by atoms with Gasteiger partial charge in [0.15, 0.2) is 5.82 Å². The molecule has 6 heteroatoms. The van der Waals surface area contributed by atoms with Crippen LogP contribution in [0.4, 0.5) is 0 Å². The molecule has 6 nitrogen and oxygen atoms in total. The third-order valence-corrected chi connectivity index (χ3v) is 3.72. The first-order valence-corrected chi connectivity index (χ1v) is 7.02. The standard InChI is InChI=1S/C14H19N5O/c1-19-9-16-13(18-19)7-8-15-11-3-2-4-12-10(11)5-6-14(20)17-12/h5-6,9,11,15H,2-4,7-8H2,1H3,(H,17,20). The number of aromatic nitrogens is 4. The Labute approximate surface area is 117 Å². The largest absolute Gasteiger partial charge is 0.326 e. The van der Waals surface area contributed by atoms with Gasteiger partial charge in [-0.1, -0.05) is 6.07 Å². The second-order valence-corrected chi connectivity index (χ2v) is 5.24. The summed E-state index contributed by atoms with van der Waals surface area (Å²) in [6, 6.07) is 3.88. The Kier molecular flexibility index (Phi) is 3.64. The number of hydrogen-bond acceptors (Lipinski definition) is 4. The molecule has 0 saturated heterocycles. The molecule has 2 N–H and O–H groups in total. The zero-order valence-corrected chi connectivity index (χ0v) is 11.6. The molecule has 2 aromatic rings. The first-order valence-electron chi connectivity index (χ1n) is 7.02. The molecule has 0 fully saturated rings. The molecule has 0 aromatic carbocycles. The lowest BCUT2D eigenvalue weighted by molar-refractivity contribution is 0.455. The summed E-state index contributed by atoms with van der Waals surface area (Å²) in [7, 11) is 1.87. The average molecular weight is 273 g/mol. The molecule has 0 amide bonds. The van der Waals surface area contributed by atoms with E-state index in [0.717, 1.165) is 43.7 Å². The van der Waals surface area contributed by atoms with Crippen LogP contribution in [0.15, 0.2) is 23.3 Å². The smallest absolute Gasteiger partial charge is 0.248 e. The number of aryl methyl sites for hydroxylation is 2. The van der Waals surface area contributed by atoms with E-state index in [-0.39, 0.29) is 5.56 Å². The van der Waals surface area contributed by atoms with E-state index >= 15 is 0 Å². The van der Waals surface area contributed by atoms with E-state index in [4.69, 9.17) is 0 Å². The summed E-state index contributed by atoms with van der Waals surface area (Å²) in [5, 5.41) is 7.81. The molecule has 1 unspecified atom stereocenters. The van der Waals surface area contributed by atoms with Gasteiger partial charge in [0.2, 0.25) is 5.56 Å². The third kappa shape index (κ3) is 2.80. The Bertz CT molecular complexity index is 645. The van der Waals surface area contributed by atoms with Crippen molar-refractivity contribution in [3.63, 3.8) is 0 Å². The molecule has 106 valence electrons. The van der Waals surface area contributed by atoms with Crippen LogP contribution in [-0.4, -0.2) is 26.3 Å². The molecule has 0 radical (unpaired) electrons. The van der Waals surface area contributed by atoms with E-state index in [9.17, 15) is 4.79 Å². The fourth-order valence-corrected chi connectivity index (χ4v) is 2.77. The Hall–Kier alpha value is -1.95. The number of hydrogen-bond donors (Lipinski definition) is 2. The van der Waals surface area contributed by atoms with Gasteiger partial charge in [-0.2, -0.15) is 5.10 Å². The fourth-order valence-electron chi connectivity index (χ4n) is 2.77. The number of H-pyrrole nitrogens is 1. The summed E-state index contributed by atoms with van der Waals surface area (Å²) >= 11 is 0. The van der Waals surface area contributed by atoms with Crippen LogP contribution in [0, 0.1) is 0 Å². The normalized spacial score (nSPS) is 17.9. The Balaban J connectivity index is 1.63. The number of pyridine rings is 1. The molecule has 1 aliphatic rings. The summed E-state index contributed by atoms with van der Waals surface area (Å²) in [6.07, 6.45) is 5.71. The van der Waals surface area contributed by atoms with Crippen molar-refractivity contribution in [2.24, 2.45) is 7.05 Å². The number of aromatic amines is 1. The minimum Gasteiger partial charge on any atom is -0.326 e. The van der Waals surface area contributed by atoms with Crippen molar-refractivity contribution in [3.8, 4) is 0 Å². The lowest BCUT2D eigenvalue weighted by atomic mass is 9.91. The SMILES string of the molecule is Cn1cnc(CCNC2CCCc3[nH]c(=O)ccc32)n1. The van der Waals surface area contributed by atoms with Crippen LogP contribution >= 0.6 is 0 Å². The first kappa shape index (κ1) is 13.1. The Morgan fingerprint density at radius 1 is 1.50 bits per heavy atom. The topological polar surface area (TPSA) is 75.6 Å². The maximum Gasteiger partial charge on any atom is 0.248 e. The van der Waals surface area contributed by atoms with Crippen LogP contribution in [0.2, 0.25) is 0 Å². The molecule has 1 aliphatic carbocycles. The second-order valence-electron chi connectivity index (χ2n) is 5.24. The summed E-state index contributed by atoms with van der Waals surface area (Å²) in [5.41, 5.74) is 2.30. The lowest BCUT2D eigenvalue weighted by Crippen LogP contribution is -2.29. The van der Waals surface area contributed by atoms with E-state index < -0.39 is 0 Å². The molecule has 1 atom stereocenters. The summed E-state index contributed by atoms with van der Waals surface area (Å²) in [4.78, 5) is 18.5. The van der Waals surface area contributed by atoms with E-state index in [1.54, 1.807) is 17.1 Å². The maximum atomic E-state index is 11.4. The lowest BCUT2D eigenvalue weighted by Gasteiger charge is -2.25. The number of nitrogens with zero attached hydrogens (tertiary/aromatic N) is 3. The van der Waals surface area contributed by atoms with E-state index in [1.165, 1.54) is 5.56 Å².